The van der Waals surface area contributed by atoms with Crippen molar-refractivity contribution in [3.05, 3.63) is 93.6 Å². The summed E-state index contributed by atoms with van der Waals surface area (Å²) in [5.41, 5.74) is 4.09. The van der Waals surface area contributed by atoms with Gasteiger partial charge in [-0.2, -0.15) is 0 Å². The van der Waals surface area contributed by atoms with Gasteiger partial charge >= 0.3 is 0 Å². The summed E-state index contributed by atoms with van der Waals surface area (Å²) in [5.74, 6) is 0.748. The summed E-state index contributed by atoms with van der Waals surface area (Å²) in [5, 5.41) is 9.92. The highest BCUT2D eigenvalue weighted by Crippen LogP contribution is 2.37. The zero-order valence-corrected chi connectivity index (χ0v) is 17.5. The minimum Gasteiger partial charge on any atom is -0.508 e. The Kier molecular flexibility index (Phi) is 5.41. The largest absolute Gasteiger partial charge is 0.508 e. The zero-order chi connectivity index (χ0) is 20.4. The summed E-state index contributed by atoms with van der Waals surface area (Å²) in [6.45, 7) is 0. The molecule has 2 aromatic rings. The molecular formula is C24H20BrNO3. The fraction of sp³-hybridized carbons (Fsp3) is 0.125. The molecule has 0 saturated carbocycles. The molecule has 0 radical (unpaired) electrons. The van der Waals surface area contributed by atoms with E-state index in [1.807, 2.05) is 48.6 Å². The predicted octanol–water partition coefficient (Wildman–Crippen LogP) is 5.75. The Labute approximate surface area is 178 Å². The first kappa shape index (κ1) is 19.3. The van der Waals surface area contributed by atoms with Gasteiger partial charge in [0.15, 0.2) is 0 Å². The molecule has 0 aromatic heterocycles. The second-order valence-corrected chi connectivity index (χ2v) is 7.70. The lowest BCUT2D eigenvalue weighted by atomic mass is 10.0. The molecule has 1 N–H and O–H groups in total. The van der Waals surface area contributed by atoms with Crippen molar-refractivity contribution in [3.8, 4) is 11.5 Å². The lowest BCUT2D eigenvalue weighted by molar-refractivity contribution is -0.113. The van der Waals surface area contributed by atoms with Crippen molar-refractivity contribution in [3.63, 3.8) is 0 Å². The van der Waals surface area contributed by atoms with Gasteiger partial charge in [0.1, 0.15) is 11.5 Å². The number of anilines is 1. The predicted molar refractivity (Wildman–Crippen MR) is 119 cm³/mol. The molecule has 2 aromatic carbocycles. The highest BCUT2D eigenvalue weighted by Gasteiger charge is 2.31. The van der Waals surface area contributed by atoms with Crippen molar-refractivity contribution < 1.29 is 14.6 Å². The molecule has 4 nitrogen and oxygen atoms in total. The van der Waals surface area contributed by atoms with Crippen molar-refractivity contribution in [2.75, 3.05) is 12.0 Å². The molecule has 1 aliphatic heterocycles. The Hall–Kier alpha value is -3.05. The average molecular weight is 450 g/mol. The van der Waals surface area contributed by atoms with Crippen molar-refractivity contribution >= 4 is 33.6 Å². The van der Waals surface area contributed by atoms with Crippen molar-refractivity contribution in [1.82, 2.24) is 0 Å². The molecule has 0 fully saturated rings. The Morgan fingerprint density at radius 1 is 1.21 bits per heavy atom. The van der Waals surface area contributed by atoms with Crippen molar-refractivity contribution in [2.24, 2.45) is 0 Å². The average Bonchev–Trinajstić information content (AvgIpc) is 3.05. The van der Waals surface area contributed by atoms with Gasteiger partial charge in [-0.3, -0.25) is 9.69 Å². The smallest absolute Gasteiger partial charge is 0.262 e. The lowest BCUT2D eigenvalue weighted by Gasteiger charge is -2.23. The molecule has 0 unspecified atom stereocenters. The number of rotatable bonds is 4. The van der Waals surface area contributed by atoms with Crippen LogP contribution in [0.25, 0.3) is 6.08 Å². The van der Waals surface area contributed by atoms with Gasteiger partial charge < -0.3 is 9.84 Å². The summed E-state index contributed by atoms with van der Waals surface area (Å²) in [4.78, 5) is 15.0. The minimum atomic E-state index is -0.118. The Balaban J connectivity index is 1.78. The van der Waals surface area contributed by atoms with E-state index in [-0.39, 0.29) is 11.7 Å². The van der Waals surface area contributed by atoms with Crippen molar-refractivity contribution in [2.45, 2.75) is 12.8 Å². The molecule has 1 aliphatic carbocycles. The number of methoxy groups -OCH3 is 1. The van der Waals surface area contributed by atoms with Gasteiger partial charge in [0.05, 0.1) is 23.0 Å². The van der Waals surface area contributed by atoms with Gasteiger partial charge in [-0.15, -0.1) is 0 Å². The monoisotopic (exact) mass is 449 g/mol. The normalized spacial score (nSPS) is 17.5. The number of hydrogen-bond donors (Lipinski definition) is 1. The first-order valence-electron chi connectivity index (χ1n) is 9.33. The second kappa shape index (κ2) is 8.13. The van der Waals surface area contributed by atoms with Crippen LogP contribution in [-0.4, -0.2) is 18.1 Å². The Morgan fingerprint density at radius 2 is 2.07 bits per heavy atom. The fourth-order valence-electron chi connectivity index (χ4n) is 3.51. The third-order valence-electron chi connectivity index (χ3n) is 4.91. The van der Waals surface area contributed by atoms with Gasteiger partial charge in [0.25, 0.3) is 5.91 Å². The molecule has 0 saturated heterocycles. The van der Waals surface area contributed by atoms with Crippen LogP contribution in [0.2, 0.25) is 0 Å². The topological polar surface area (TPSA) is 49.8 Å². The molecule has 0 bridgehead atoms. The van der Waals surface area contributed by atoms with E-state index in [4.69, 9.17) is 4.74 Å². The molecule has 1 amide bonds. The summed E-state index contributed by atoms with van der Waals surface area (Å²) in [6, 6.07) is 12.5. The van der Waals surface area contributed by atoms with E-state index >= 15 is 0 Å². The van der Waals surface area contributed by atoms with E-state index < -0.39 is 0 Å². The van der Waals surface area contributed by atoms with Crippen LogP contribution in [-0.2, 0) is 4.79 Å². The third kappa shape index (κ3) is 3.91. The summed E-state index contributed by atoms with van der Waals surface area (Å²) in [6.07, 6.45) is 11.8. The summed E-state index contributed by atoms with van der Waals surface area (Å²) in [7, 11) is 1.62. The molecule has 2 aliphatic rings. The number of allylic oxidation sites excluding steroid dienone is 4. The molecule has 4 rings (SSSR count). The van der Waals surface area contributed by atoms with Gasteiger partial charge in [-0.1, -0.05) is 30.4 Å². The number of nitrogens with zero attached hydrogens (tertiary/aromatic N) is 1. The van der Waals surface area contributed by atoms with Crippen LogP contribution in [0, 0.1) is 0 Å². The van der Waals surface area contributed by atoms with Gasteiger partial charge in [0.2, 0.25) is 0 Å². The third-order valence-corrected chi connectivity index (χ3v) is 5.53. The zero-order valence-electron chi connectivity index (χ0n) is 15.9. The number of amides is 1. The minimum absolute atomic E-state index is 0.118. The maximum atomic E-state index is 13.3. The highest BCUT2D eigenvalue weighted by molar-refractivity contribution is 9.10. The molecule has 29 heavy (non-hydrogen) atoms. The van der Waals surface area contributed by atoms with E-state index in [2.05, 4.69) is 22.0 Å². The van der Waals surface area contributed by atoms with Crippen LogP contribution < -0.4 is 9.64 Å². The number of benzene rings is 2. The SMILES string of the molecule is COc1ccc(/C=C2/C=C(C3=CC=CCC3)N(c3cccc(O)c3)C2=O)cc1Br. The number of carbonyl (C=O) groups is 1. The molecule has 146 valence electrons. The number of aromatic hydroxyl groups is 1. The van der Waals surface area contributed by atoms with Gasteiger partial charge in [-0.25, -0.2) is 0 Å². The first-order chi connectivity index (χ1) is 14.1. The number of carbonyl (C=O) groups excluding carboxylic acids is 1. The van der Waals surface area contributed by atoms with Gasteiger partial charge in [0, 0.05) is 11.6 Å². The van der Waals surface area contributed by atoms with E-state index in [9.17, 15) is 9.90 Å². The van der Waals surface area contributed by atoms with E-state index in [1.165, 1.54) is 0 Å². The van der Waals surface area contributed by atoms with Crippen LogP contribution in [0.3, 0.4) is 0 Å². The standard InChI is InChI=1S/C24H20BrNO3/c1-29-23-11-10-16(13-21(23)25)12-18-14-22(17-6-3-2-4-7-17)26(24(18)28)19-8-5-9-20(27)15-19/h2-3,5-6,8-15,27H,4,7H2,1H3/b18-12-. The molecule has 0 atom stereocenters. The van der Waals surface area contributed by atoms with Crippen LogP contribution >= 0.6 is 15.9 Å². The maximum absolute atomic E-state index is 13.3. The van der Waals surface area contributed by atoms with Crippen LogP contribution in [0.1, 0.15) is 18.4 Å². The maximum Gasteiger partial charge on any atom is 0.262 e. The number of ether oxygens (including phenoxy) is 1. The highest BCUT2D eigenvalue weighted by atomic mass is 79.9. The number of hydrogen-bond acceptors (Lipinski definition) is 3. The lowest BCUT2D eigenvalue weighted by Crippen LogP contribution is -2.26. The molecule has 0 spiro atoms. The molecule has 5 heteroatoms. The van der Waals surface area contributed by atoms with Crippen molar-refractivity contribution in [1.29, 1.82) is 0 Å². The first-order valence-corrected chi connectivity index (χ1v) is 10.1. The number of phenols is 1. The second-order valence-electron chi connectivity index (χ2n) is 6.84. The van der Waals surface area contributed by atoms with Crippen LogP contribution in [0.5, 0.6) is 11.5 Å². The van der Waals surface area contributed by atoms with E-state index in [1.54, 1.807) is 30.2 Å². The van der Waals surface area contributed by atoms with E-state index in [0.717, 1.165) is 39.9 Å². The van der Waals surface area contributed by atoms with E-state index in [0.29, 0.717) is 11.3 Å². The van der Waals surface area contributed by atoms with Gasteiger partial charge in [-0.05, 0) is 76.3 Å². The Morgan fingerprint density at radius 3 is 2.76 bits per heavy atom. The molecular weight excluding hydrogens is 430 g/mol. The van der Waals surface area contributed by atoms with Crippen LogP contribution in [0.15, 0.2) is 88.1 Å². The number of halogens is 1. The quantitative estimate of drug-likeness (QED) is 0.604. The van der Waals surface area contributed by atoms with Crippen LogP contribution in [0.4, 0.5) is 5.69 Å². The fourth-order valence-corrected chi connectivity index (χ4v) is 4.07. The Bertz CT molecular complexity index is 1100. The summed E-state index contributed by atoms with van der Waals surface area (Å²) < 4.78 is 6.11. The summed E-state index contributed by atoms with van der Waals surface area (Å²) >= 11 is 3.49. The number of phenolic OH excluding ortho intramolecular Hbond substituents is 1. The molecule has 1 heterocycles.